The van der Waals surface area contributed by atoms with Crippen LogP contribution in [0.2, 0.25) is 5.02 Å². The van der Waals surface area contributed by atoms with E-state index in [9.17, 15) is 18.0 Å². The van der Waals surface area contributed by atoms with Gasteiger partial charge in [-0.2, -0.15) is 0 Å². The number of halogens is 2. The zero-order valence-corrected chi connectivity index (χ0v) is 25.3. The lowest BCUT2D eigenvalue weighted by Gasteiger charge is -2.33. The summed E-state index contributed by atoms with van der Waals surface area (Å²) in [7, 11) is -3.88. The van der Waals surface area contributed by atoms with Crippen LogP contribution in [0.1, 0.15) is 25.0 Å². The molecule has 3 aromatic carbocycles. The Bertz CT molecular complexity index is 1370. The summed E-state index contributed by atoms with van der Waals surface area (Å²) in [6.45, 7) is 4.02. The summed E-state index contributed by atoms with van der Waals surface area (Å²) in [5, 5.41) is 3.16. The average Bonchev–Trinajstić information content (AvgIpc) is 2.89. The van der Waals surface area contributed by atoms with E-state index in [2.05, 4.69) is 21.2 Å². The van der Waals surface area contributed by atoms with Gasteiger partial charge in [0.2, 0.25) is 21.8 Å². The first-order valence-electron chi connectivity index (χ1n) is 12.5. The molecule has 0 heterocycles. The monoisotopic (exact) mass is 633 g/mol. The minimum atomic E-state index is -3.88. The number of anilines is 1. The van der Waals surface area contributed by atoms with Crippen molar-refractivity contribution in [1.82, 2.24) is 10.2 Å². The molecule has 3 rings (SSSR count). The van der Waals surface area contributed by atoms with E-state index >= 15 is 0 Å². The SMILES string of the molecule is CC(C)CNC(=O)[C@H](Cc1ccccc1)N(Cc1ccc(Br)cc1)C(=O)CN(c1ccccc1Cl)S(C)(=O)=O. The number of benzene rings is 3. The second-order valence-electron chi connectivity index (χ2n) is 9.71. The van der Waals surface area contributed by atoms with Gasteiger partial charge in [-0.05, 0) is 41.3 Å². The highest BCUT2D eigenvalue weighted by Gasteiger charge is 2.33. The fourth-order valence-electron chi connectivity index (χ4n) is 4.01. The van der Waals surface area contributed by atoms with Crippen LogP contribution in [-0.4, -0.2) is 50.5 Å². The molecule has 0 aliphatic carbocycles. The largest absolute Gasteiger partial charge is 0.354 e. The van der Waals surface area contributed by atoms with Gasteiger partial charge in [0.25, 0.3) is 0 Å². The predicted octanol–water partition coefficient (Wildman–Crippen LogP) is 5.28. The summed E-state index contributed by atoms with van der Waals surface area (Å²) >= 11 is 9.75. The molecule has 10 heteroatoms. The molecule has 0 bridgehead atoms. The Hall–Kier alpha value is -2.88. The van der Waals surface area contributed by atoms with E-state index in [0.29, 0.717) is 6.54 Å². The Morgan fingerprint density at radius 3 is 2.13 bits per heavy atom. The van der Waals surface area contributed by atoms with Crippen molar-refractivity contribution in [2.45, 2.75) is 32.9 Å². The molecule has 1 atom stereocenters. The molecule has 7 nitrogen and oxygen atoms in total. The summed E-state index contributed by atoms with van der Waals surface area (Å²) in [5.41, 5.74) is 1.87. The van der Waals surface area contributed by atoms with Crippen molar-refractivity contribution in [3.63, 3.8) is 0 Å². The molecule has 0 spiro atoms. The van der Waals surface area contributed by atoms with Crippen LogP contribution in [0.15, 0.2) is 83.3 Å². The molecule has 0 fully saturated rings. The van der Waals surface area contributed by atoms with Crippen LogP contribution >= 0.6 is 27.5 Å². The lowest BCUT2D eigenvalue weighted by molar-refractivity contribution is -0.140. The number of carbonyl (C=O) groups excluding carboxylic acids is 2. The molecule has 0 aliphatic rings. The van der Waals surface area contributed by atoms with Crippen molar-refractivity contribution in [3.05, 3.63) is 99.5 Å². The standard InChI is InChI=1S/C29H33BrClN3O4S/c1-21(2)18-32-29(36)27(17-22-9-5-4-6-10-22)33(19-23-13-15-24(30)16-14-23)28(35)20-34(39(3,37)38)26-12-8-7-11-25(26)31/h4-16,21,27H,17-20H2,1-3H3,(H,32,36)/t27-/m0/s1. The number of para-hydroxylation sites is 1. The first-order valence-corrected chi connectivity index (χ1v) is 15.6. The highest BCUT2D eigenvalue weighted by Crippen LogP contribution is 2.28. The van der Waals surface area contributed by atoms with E-state index in [0.717, 1.165) is 26.2 Å². The Morgan fingerprint density at radius 1 is 0.923 bits per heavy atom. The molecule has 0 saturated carbocycles. The molecule has 0 saturated heterocycles. The number of hydrogen-bond donors (Lipinski definition) is 1. The first-order chi connectivity index (χ1) is 18.5. The molecule has 3 aromatic rings. The van der Waals surface area contributed by atoms with Gasteiger partial charge in [-0.15, -0.1) is 0 Å². The third kappa shape index (κ3) is 9.08. The minimum Gasteiger partial charge on any atom is -0.354 e. The van der Waals surface area contributed by atoms with Crippen LogP contribution < -0.4 is 9.62 Å². The Labute approximate surface area is 244 Å². The topological polar surface area (TPSA) is 86.8 Å². The van der Waals surface area contributed by atoms with Crippen molar-refractivity contribution in [2.75, 3.05) is 23.7 Å². The summed E-state index contributed by atoms with van der Waals surface area (Å²) in [6.07, 6.45) is 1.29. The fourth-order valence-corrected chi connectivity index (χ4v) is 5.43. The molecule has 0 aliphatic heterocycles. The van der Waals surface area contributed by atoms with E-state index in [1.807, 2.05) is 68.4 Å². The van der Waals surface area contributed by atoms with Crippen LogP contribution in [0.4, 0.5) is 5.69 Å². The molecular formula is C29H33BrClN3O4S. The number of hydrogen-bond acceptors (Lipinski definition) is 4. The molecule has 2 amide bonds. The smallest absolute Gasteiger partial charge is 0.244 e. The normalized spacial score (nSPS) is 12.2. The molecule has 208 valence electrons. The van der Waals surface area contributed by atoms with Crippen LogP contribution in [0, 0.1) is 5.92 Å². The number of carbonyl (C=O) groups is 2. The van der Waals surface area contributed by atoms with E-state index in [1.54, 1.807) is 24.3 Å². The Morgan fingerprint density at radius 2 is 1.54 bits per heavy atom. The van der Waals surface area contributed by atoms with E-state index < -0.39 is 28.5 Å². The van der Waals surface area contributed by atoms with E-state index in [-0.39, 0.29) is 35.5 Å². The second kappa shape index (κ2) is 14.0. The summed E-state index contributed by atoms with van der Waals surface area (Å²) < 4.78 is 27.5. The lowest BCUT2D eigenvalue weighted by atomic mass is 10.0. The van der Waals surface area contributed by atoms with Crippen molar-refractivity contribution in [3.8, 4) is 0 Å². The van der Waals surface area contributed by atoms with Crippen molar-refractivity contribution >= 4 is 55.1 Å². The highest BCUT2D eigenvalue weighted by atomic mass is 79.9. The number of sulfonamides is 1. The number of nitrogens with zero attached hydrogens (tertiary/aromatic N) is 2. The second-order valence-corrected chi connectivity index (χ2v) is 12.9. The summed E-state index contributed by atoms with van der Waals surface area (Å²) in [5.74, 6) is -0.617. The number of rotatable bonds is 12. The maximum atomic E-state index is 14.0. The van der Waals surface area contributed by atoms with E-state index in [1.165, 1.54) is 4.90 Å². The van der Waals surface area contributed by atoms with Gasteiger partial charge in [0.1, 0.15) is 12.6 Å². The molecular weight excluding hydrogens is 602 g/mol. The minimum absolute atomic E-state index is 0.110. The van der Waals surface area contributed by atoms with Gasteiger partial charge in [-0.25, -0.2) is 8.42 Å². The molecule has 1 N–H and O–H groups in total. The first kappa shape index (κ1) is 30.7. The molecule has 39 heavy (non-hydrogen) atoms. The van der Waals surface area contributed by atoms with Gasteiger partial charge in [-0.3, -0.25) is 13.9 Å². The third-order valence-electron chi connectivity index (χ3n) is 6.02. The average molecular weight is 635 g/mol. The van der Waals surface area contributed by atoms with Crippen molar-refractivity contribution < 1.29 is 18.0 Å². The highest BCUT2D eigenvalue weighted by molar-refractivity contribution is 9.10. The third-order valence-corrected chi connectivity index (χ3v) is 8.00. The number of amides is 2. The van der Waals surface area contributed by atoms with Crippen molar-refractivity contribution in [2.24, 2.45) is 5.92 Å². The molecule has 0 unspecified atom stereocenters. The molecule has 0 aromatic heterocycles. The summed E-state index contributed by atoms with van der Waals surface area (Å²) in [4.78, 5) is 29.1. The lowest BCUT2D eigenvalue weighted by Crippen LogP contribution is -2.53. The van der Waals surface area contributed by atoms with Gasteiger partial charge in [-0.1, -0.05) is 96.0 Å². The van der Waals surface area contributed by atoms with Crippen LogP contribution in [0.25, 0.3) is 0 Å². The van der Waals surface area contributed by atoms with E-state index in [4.69, 9.17) is 11.6 Å². The zero-order chi connectivity index (χ0) is 28.6. The van der Waals surface area contributed by atoms with Gasteiger partial charge in [0.05, 0.1) is 17.0 Å². The van der Waals surface area contributed by atoms with Crippen LogP contribution in [0.3, 0.4) is 0 Å². The molecule has 0 radical (unpaired) electrons. The fraction of sp³-hybridized carbons (Fsp3) is 0.310. The predicted molar refractivity (Wildman–Crippen MR) is 160 cm³/mol. The van der Waals surface area contributed by atoms with Gasteiger partial charge < -0.3 is 10.2 Å². The van der Waals surface area contributed by atoms with Gasteiger partial charge in [0.15, 0.2) is 0 Å². The number of nitrogens with one attached hydrogen (secondary N) is 1. The quantitative estimate of drug-likeness (QED) is 0.294. The van der Waals surface area contributed by atoms with Gasteiger partial charge >= 0.3 is 0 Å². The maximum Gasteiger partial charge on any atom is 0.244 e. The van der Waals surface area contributed by atoms with Crippen molar-refractivity contribution in [1.29, 1.82) is 0 Å². The van der Waals surface area contributed by atoms with Crippen LogP contribution in [0.5, 0.6) is 0 Å². The Balaban J connectivity index is 2.05. The maximum absolute atomic E-state index is 14.0. The summed E-state index contributed by atoms with van der Waals surface area (Å²) in [6, 6.07) is 22.4. The van der Waals surface area contributed by atoms with Crippen LogP contribution in [-0.2, 0) is 32.6 Å². The zero-order valence-electron chi connectivity index (χ0n) is 22.2. The van der Waals surface area contributed by atoms with Gasteiger partial charge in [0, 0.05) is 24.0 Å². The Kier molecular flexibility index (Phi) is 11.0.